The Hall–Kier alpha value is -4.49. The molecule has 194 valence electrons. The highest BCUT2D eigenvalue weighted by Gasteiger charge is 2.54. The van der Waals surface area contributed by atoms with Crippen molar-refractivity contribution >= 4 is 62.8 Å². The molecule has 3 aromatic rings. The van der Waals surface area contributed by atoms with Crippen molar-refractivity contribution in [3.63, 3.8) is 0 Å². The van der Waals surface area contributed by atoms with Gasteiger partial charge in [0.2, 0.25) is 0 Å². The van der Waals surface area contributed by atoms with Crippen LogP contribution in [0.1, 0.15) is 5.69 Å². The first-order chi connectivity index (χ1) is 18.3. The van der Waals surface area contributed by atoms with E-state index in [1.54, 1.807) is 4.68 Å². The fourth-order valence-electron chi connectivity index (χ4n) is 4.32. The molecule has 0 bridgehead atoms. The quantitative estimate of drug-likeness (QED) is 0.144. The highest BCUT2D eigenvalue weighted by Crippen LogP contribution is 2.40. The second-order valence-corrected chi connectivity index (χ2v) is 10.2. The number of nitrogens with two attached hydrogens (primary N) is 1. The van der Waals surface area contributed by atoms with Crippen LogP contribution in [0.25, 0.3) is 11.0 Å². The number of amides is 2. The number of nitrogen functional groups attached to an aromatic ring is 1. The summed E-state index contributed by atoms with van der Waals surface area (Å²) >= 11 is 2.44. The van der Waals surface area contributed by atoms with Crippen LogP contribution in [0.15, 0.2) is 46.1 Å². The van der Waals surface area contributed by atoms with Gasteiger partial charge in [-0.25, -0.2) is 9.78 Å². The van der Waals surface area contributed by atoms with Crippen LogP contribution in [0.4, 0.5) is 5.13 Å². The first-order valence-electron chi connectivity index (χ1n) is 11.1. The number of oxime groups is 1. The molecule has 0 unspecified atom stereocenters. The molecule has 0 saturated carbocycles. The van der Waals surface area contributed by atoms with Gasteiger partial charge < -0.3 is 21.0 Å². The third-order valence-electron chi connectivity index (χ3n) is 5.91. The fraction of sp³-hybridized carbons (Fsp3) is 0.273. The number of thioether (sulfide) groups is 1. The maximum Gasteiger partial charge on any atom is 0.352 e. The van der Waals surface area contributed by atoms with E-state index in [0.717, 1.165) is 22.4 Å². The Morgan fingerprint density at radius 3 is 2.89 bits per heavy atom. The lowest BCUT2D eigenvalue weighted by Crippen LogP contribution is -2.71. The van der Waals surface area contributed by atoms with Gasteiger partial charge in [-0.1, -0.05) is 17.3 Å². The number of β-lactam (4-membered cyclic amide) rings is 1. The molecule has 2 aliphatic heterocycles. The standard InChI is InChI=1S/C22H19N9O5S2/c1-36-27-15(12-10-38-22(24)25-12)18(32)26-16-19(33)31-17(21(34)35)11(9-37-20(16)31)8-30-14-5-3-2-4-13(14)29(28-30)7-6-23/h2-5,10,16,20H,7-9H2,1H3,(H3-,24,25,26,32,34,35)/p+1/b27-15-/t16-,20-/m1/s1. The number of anilines is 1. The summed E-state index contributed by atoms with van der Waals surface area (Å²) < 4.78 is 3.15. The molecule has 2 atom stereocenters. The number of benzene rings is 1. The summed E-state index contributed by atoms with van der Waals surface area (Å²) in [6, 6.07) is 8.38. The van der Waals surface area contributed by atoms with Crippen molar-refractivity contribution in [2.24, 2.45) is 5.16 Å². The molecule has 5 rings (SSSR count). The zero-order chi connectivity index (χ0) is 27.0. The molecule has 1 aromatic carbocycles. The van der Waals surface area contributed by atoms with E-state index in [-0.39, 0.29) is 41.1 Å². The smallest absolute Gasteiger partial charge is 0.352 e. The highest BCUT2D eigenvalue weighted by atomic mass is 32.2. The number of carbonyl (C=O) groups excluding carboxylic acids is 2. The van der Waals surface area contributed by atoms with Crippen molar-refractivity contribution in [1.29, 1.82) is 5.26 Å². The van der Waals surface area contributed by atoms with Gasteiger partial charge in [0.1, 0.15) is 42.5 Å². The van der Waals surface area contributed by atoms with Crippen molar-refractivity contribution in [2.45, 2.75) is 24.5 Å². The number of carbonyl (C=O) groups is 3. The number of rotatable bonds is 8. The van der Waals surface area contributed by atoms with Gasteiger partial charge in [-0.15, -0.1) is 32.5 Å². The highest BCUT2D eigenvalue weighted by molar-refractivity contribution is 8.00. The van der Waals surface area contributed by atoms with Gasteiger partial charge in [-0.3, -0.25) is 14.5 Å². The second kappa shape index (κ2) is 10.1. The van der Waals surface area contributed by atoms with Gasteiger partial charge in [-0.2, -0.15) is 5.26 Å². The molecule has 0 aliphatic carbocycles. The third-order valence-corrected chi connectivity index (χ3v) is 7.93. The van der Waals surface area contributed by atoms with Gasteiger partial charge in [0.15, 0.2) is 28.4 Å². The van der Waals surface area contributed by atoms with Gasteiger partial charge in [0.25, 0.3) is 11.8 Å². The van der Waals surface area contributed by atoms with E-state index in [1.165, 1.54) is 33.8 Å². The summed E-state index contributed by atoms with van der Waals surface area (Å²) in [5, 5.41) is 31.1. The number of nitrogens with one attached hydrogen (secondary N) is 1. The summed E-state index contributed by atoms with van der Waals surface area (Å²) in [7, 11) is 1.27. The summed E-state index contributed by atoms with van der Waals surface area (Å²) in [5.41, 5.74) is 7.48. The average Bonchev–Trinajstić information content (AvgIpc) is 3.49. The number of carboxylic acid groups (broad SMARTS) is 1. The van der Waals surface area contributed by atoms with Crippen LogP contribution in [-0.4, -0.2) is 72.7 Å². The average molecular weight is 555 g/mol. The Morgan fingerprint density at radius 2 is 2.21 bits per heavy atom. The molecule has 0 radical (unpaired) electrons. The van der Waals surface area contributed by atoms with Crippen molar-refractivity contribution in [3.8, 4) is 6.07 Å². The molecule has 14 nitrogen and oxygen atoms in total. The van der Waals surface area contributed by atoms with Gasteiger partial charge in [0, 0.05) is 16.7 Å². The minimum absolute atomic E-state index is 0.0308. The Morgan fingerprint density at radius 1 is 1.42 bits per heavy atom. The molecule has 0 spiro atoms. The normalized spacial score (nSPS) is 19.1. The number of hydrogen-bond acceptors (Lipinski definition) is 11. The molecule has 4 N–H and O–H groups in total. The van der Waals surface area contributed by atoms with Crippen molar-refractivity contribution in [3.05, 3.63) is 46.6 Å². The second-order valence-electron chi connectivity index (χ2n) is 8.16. The summed E-state index contributed by atoms with van der Waals surface area (Å²) in [6.45, 7) is 0.139. The topological polar surface area (TPSA) is 193 Å². The number of nitrogens with zero attached hydrogens (tertiary/aromatic N) is 7. The van der Waals surface area contributed by atoms with Gasteiger partial charge in [-0.05, 0) is 12.1 Å². The number of nitriles is 1. The van der Waals surface area contributed by atoms with Crippen LogP contribution in [-0.2, 0) is 32.3 Å². The van der Waals surface area contributed by atoms with Crippen molar-refractivity contribution < 1.29 is 29.0 Å². The van der Waals surface area contributed by atoms with E-state index in [0.29, 0.717) is 5.57 Å². The SMILES string of the molecule is CO/N=C(\C(=O)N[C@@H]1C(=O)N2C(C(=O)O)=C(C[n+]3nn(CC#N)c4ccccc43)CS[C@H]12)c1csc(N)n1. The first kappa shape index (κ1) is 25.2. The van der Waals surface area contributed by atoms with Gasteiger partial charge >= 0.3 is 5.97 Å². The molecule has 1 saturated heterocycles. The molecular formula is C22H20N9O5S2+. The zero-order valence-electron chi connectivity index (χ0n) is 19.8. The molecule has 2 aliphatic rings. The van der Waals surface area contributed by atoms with Crippen LogP contribution in [0, 0.1) is 11.3 Å². The number of carboxylic acids is 1. The van der Waals surface area contributed by atoms with E-state index in [2.05, 4.69) is 26.7 Å². The number of fused-ring (bicyclic) bond motifs is 2. The van der Waals surface area contributed by atoms with E-state index in [9.17, 15) is 19.5 Å². The Kier molecular flexibility index (Phi) is 6.70. The van der Waals surface area contributed by atoms with Crippen LogP contribution < -0.4 is 15.7 Å². The Bertz CT molecular complexity index is 1570. The van der Waals surface area contributed by atoms with Crippen molar-refractivity contribution in [2.75, 3.05) is 18.6 Å². The maximum atomic E-state index is 13.1. The lowest BCUT2D eigenvalue weighted by Gasteiger charge is -2.49. The third kappa shape index (κ3) is 4.31. The van der Waals surface area contributed by atoms with Crippen LogP contribution in [0.2, 0.25) is 0 Å². The van der Waals surface area contributed by atoms with Crippen LogP contribution in [0.3, 0.4) is 0 Å². The zero-order valence-corrected chi connectivity index (χ0v) is 21.4. The van der Waals surface area contributed by atoms with E-state index >= 15 is 0 Å². The summed E-state index contributed by atoms with van der Waals surface area (Å²) in [5.74, 6) is -2.24. The first-order valence-corrected chi connectivity index (χ1v) is 13.0. The monoisotopic (exact) mass is 554 g/mol. The lowest BCUT2D eigenvalue weighted by atomic mass is 10.0. The number of thiazole rings is 1. The lowest BCUT2D eigenvalue weighted by molar-refractivity contribution is -0.725. The molecule has 38 heavy (non-hydrogen) atoms. The summed E-state index contributed by atoms with van der Waals surface area (Å²) in [4.78, 5) is 48.3. The fourth-order valence-corrected chi connectivity index (χ4v) is 6.20. The molecule has 2 aromatic heterocycles. The molecule has 2 amide bonds. The number of para-hydroxylation sites is 2. The van der Waals surface area contributed by atoms with E-state index < -0.39 is 29.2 Å². The molecule has 16 heteroatoms. The molecule has 4 heterocycles. The van der Waals surface area contributed by atoms with Crippen molar-refractivity contribution in [1.82, 2.24) is 25.1 Å². The number of aliphatic carboxylic acids is 1. The number of aromatic nitrogens is 4. The maximum absolute atomic E-state index is 13.1. The van der Waals surface area contributed by atoms with Gasteiger partial charge in [0.05, 0.1) is 5.21 Å². The summed E-state index contributed by atoms with van der Waals surface area (Å²) in [6.07, 6.45) is 0. The minimum atomic E-state index is -1.26. The van der Waals surface area contributed by atoms with Crippen LogP contribution >= 0.6 is 23.1 Å². The molecular weight excluding hydrogens is 534 g/mol. The minimum Gasteiger partial charge on any atom is -0.477 e. The Labute approximate surface area is 222 Å². The molecule has 1 fully saturated rings. The number of hydrogen-bond donors (Lipinski definition) is 3. The largest absolute Gasteiger partial charge is 0.477 e. The predicted octanol–water partition coefficient (Wildman–Crippen LogP) is -0.325. The Balaban J connectivity index is 1.39. The van der Waals surface area contributed by atoms with E-state index in [4.69, 9.17) is 15.8 Å². The van der Waals surface area contributed by atoms with E-state index in [1.807, 2.05) is 24.3 Å². The predicted molar refractivity (Wildman–Crippen MR) is 135 cm³/mol. The van der Waals surface area contributed by atoms with Crippen LogP contribution in [0.5, 0.6) is 0 Å².